The summed E-state index contributed by atoms with van der Waals surface area (Å²) >= 11 is 0. The summed E-state index contributed by atoms with van der Waals surface area (Å²) < 4.78 is 25.9. The lowest BCUT2D eigenvalue weighted by molar-refractivity contribution is 0.238. The summed E-state index contributed by atoms with van der Waals surface area (Å²) in [6.45, 7) is 3.58. The van der Waals surface area contributed by atoms with Crippen molar-refractivity contribution in [1.29, 1.82) is 0 Å². The van der Waals surface area contributed by atoms with Crippen LogP contribution < -0.4 is 10.6 Å². The molecular weight excluding hydrogens is 214 g/mol. The van der Waals surface area contributed by atoms with Crippen LogP contribution in [0.2, 0.25) is 0 Å². The van der Waals surface area contributed by atoms with Gasteiger partial charge in [0, 0.05) is 18.2 Å². The zero-order chi connectivity index (χ0) is 12.1. The van der Waals surface area contributed by atoms with Gasteiger partial charge in [-0.3, -0.25) is 0 Å². The number of benzene rings is 1. The van der Waals surface area contributed by atoms with E-state index < -0.39 is 17.7 Å². The lowest BCUT2D eigenvalue weighted by Crippen LogP contribution is -2.39. The Balaban J connectivity index is 2.54. The highest BCUT2D eigenvalue weighted by Crippen LogP contribution is 2.08. The quantitative estimate of drug-likeness (QED) is 0.817. The number of hydrogen-bond acceptors (Lipinski definition) is 1. The highest BCUT2D eigenvalue weighted by Gasteiger charge is 2.06. The maximum absolute atomic E-state index is 13.1. The zero-order valence-corrected chi connectivity index (χ0v) is 9.18. The molecular formula is C11H14F2N2O. The summed E-state index contributed by atoms with van der Waals surface area (Å²) in [5.74, 6) is -1.06. The van der Waals surface area contributed by atoms with Crippen molar-refractivity contribution >= 4 is 6.03 Å². The van der Waals surface area contributed by atoms with Crippen LogP contribution in [0.3, 0.4) is 0 Å². The molecule has 0 aliphatic heterocycles. The molecule has 0 spiro atoms. The Kier molecular flexibility index (Phi) is 4.22. The molecule has 1 rings (SSSR count). The molecule has 2 N–H and O–H groups in total. The van der Waals surface area contributed by atoms with Gasteiger partial charge in [0.15, 0.2) is 0 Å². The standard InChI is InChI=1S/C11H14F2N2O/c1-7(2)15-11(16)14-6-8-5-9(12)3-4-10(8)13/h3-5,7H,6H2,1-2H3,(H2,14,15,16). The van der Waals surface area contributed by atoms with Crippen LogP contribution >= 0.6 is 0 Å². The third-order valence-corrected chi connectivity index (χ3v) is 1.87. The van der Waals surface area contributed by atoms with E-state index >= 15 is 0 Å². The Labute approximate surface area is 92.8 Å². The van der Waals surface area contributed by atoms with Crippen LogP contribution in [0.4, 0.5) is 13.6 Å². The average Bonchev–Trinajstić information content (AvgIpc) is 2.18. The molecule has 16 heavy (non-hydrogen) atoms. The van der Waals surface area contributed by atoms with E-state index in [0.717, 1.165) is 18.2 Å². The summed E-state index contributed by atoms with van der Waals surface area (Å²) in [5.41, 5.74) is 0.124. The van der Waals surface area contributed by atoms with Crippen LogP contribution in [0.15, 0.2) is 18.2 Å². The minimum atomic E-state index is -0.536. The van der Waals surface area contributed by atoms with Crippen molar-refractivity contribution in [3.05, 3.63) is 35.4 Å². The molecule has 0 aliphatic carbocycles. The normalized spacial score (nSPS) is 10.3. The first-order chi connectivity index (χ1) is 7.49. The lowest BCUT2D eigenvalue weighted by Gasteiger charge is -2.10. The van der Waals surface area contributed by atoms with Gasteiger partial charge in [-0.2, -0.15) is 0 Å². The van der Waals surface area contributed by atoms with Gasteiger partial charge in [0.2, 0.25) is 0 Å². The number of rotatable bonds is 3. The van der Waals surface area contributed by atoms with Gasteiger partial charge in [0.25, 0.3) is 0 Å². The predicted octanol–water partition coefficient (Wildman–Crippen LogP) is 2.17. The molecule has 1 aromatic carbocycles. The molecule has 0 saturated heterocycles. The van der Waals surface area contributed by atoms with Crippen molar-refractivity contribution in [1.82, 2.24) is 10.6 Å². The van der Waals surface area contributed by atoms with Gasteiger partial charge in [-0.25, -0.2) is 13.6 Å². The molecule has 0 unspecified atom stereocenters. The van der Waals surface area contributed by atoms with Crippen LogP contribution in [-0.2, 0) is 6.54 Å². The Morgan fingerprint density at radius 2 is 2.06 bits per heavy atom. The summed E-state index contributed by atoms with van der Waals surface area (Å²) in [6, 6.07) is 2.72. The number of nitrogens with one attached hydrogen (secondary N) is 2. The fraction of sp³-hybridized carbons (Fsp3) is 0.364. The third-order valence-electron chi connectivity index (χ3n) is 1.87. The predicted molar refractivity (Wildman–Crippen MR) is 56.9 cm³/mol. The van der Waals surface area contributed by atoms with Crippen LogP contribution in [0.25, 0.3) is 0 Å². The van der Waals surface area contributed by atoms with Crippen LogP contribution in [0.1, 0.15) is 19.4 Å². The molecule has 0 aromatic heterocycles. The molecule has 0 bridgehead atoms. The SMILES string of the molecule is CC(C)NC(=O)NCc1cc(F)ccc1F. The monoisotopic (exact) mass is 228 g/mol. The molecule has 0 heterocycles. The molecule has 3 nitrogen and oxygen atoms in total. The molecule has 5 heteroatoms. The Morgan fingerprint density at radius 1 is 1.38 bits per heavy atom. The first kappa shape index (κ1) is 12.4. The number of halogens is 2. The fourth-order valence-electron chi connectivity index (χ4n) is 1.17. The minimum absolute atomic E-state index is 0.00245. The second kappa shape index (κ2) is 5.44. The van der Waals surface area contributed by atoms with Crippen molar-refractivity contribution in [3.63, 3.8) is 0 Å². The largest absolute Gasteiger partial charge is 0.336 e. The summed E-state index contributed by atoms with van der Waals surface area (Å²) in [4.78, 5) is 11.2. The first-order valence-electron chi connectivity index (χ1n) is 4.97. The number of hydrogen-bond donors (Lipinski definition) is 2. The number of carbonyl (C=O) groups is 1. The second-order valence-corrected chi connectivity index (χ2v) is 3.72. The smallest absolute Gasteiger partial charge is 0.315 e. The van der Waals surface area contributed by atoms with E-state index in [4.69, 9.17) is 0 Å². The van der Waals surface area contributed by atoms with Gasteiger partial charge in [-0.15, -0.1) is 0 Å². The van der Waals surface area contributed by atoms with Gasteiger partial charge in [-0.05, 0) is 32.0 Å². The van der Waals surface area contributed by atoms with E-state index in [-0.39, 0.29) is 18.2 Å². The van der Waals surface area contributed by atoms with Gasteiger partial charge in [0.1, 0.15) is 11.6 Å². The zero-order valence-electron chi connectivity index (χ0n) is 9.18. The lowest BCUT2D eigenvalue weighted by atomic mass is 10.2. The summed E-state index contributed by atoms with van der Waals surface area (Å²) in [7, 11) is 0. The Hall–Kier alpha value is -1.65. The van der Waals surface area contributed by atoms with Gasteiger partial charge < -0.3 is 10.6 Å². The Morgan fingerprint density at radius 3 is 2.69 bits per heavy atom. The van der Waals surface area contributed by atoms with Crippen LogP contribution in [0.5, 0.6) is 0 Å². The van der Waals surface area contributed by atoms with Gasteiger partial charge in [0.05, 0.1) is 0 Å². The van der Waals surface area contributed by atoms with E-state index in [1.54, 1.807) is 0 Å². The average molecular weight is 228 g/mol. The van der Waals surface area contributed by atoms with Gasteiger partial charge >= 0.3 is 6.03 Å². The van der Waals surface area contributed by atoms with Crippen molar-refractivity contribution in [3.8, 4) is 0 Å². The topological polar surface area (TPSA) is 41.1 Å². The molecule has 1 aromatic rings. The molecule has 0 fully saturated rings. The molecule has 88 valence electrons. The van der Waals surface area contributed by atoms with Crippen LogP contribution in [0, 0.1) is 11.6 Å². The maximum Gasteiger partial charge on any atom is 0.315 e. The van der Waals surface area contributed by atoms with E-state index in [9.17, 15) is 13.6 Å². The highest BCUT2D eigenvalue weighted by atomic mass is 19.1. The van der Waals surface area contributed by atoms with E-state index in [1.807, 2.05) is 13.8 Å². The minimum Gasteiger partial charge on any atom is -0.336 e. The number of urea groups is 1. The van der Waals surface area contributed by atoms with E-state index in [0.29, 0.717) is 0 Å². The molecule has 0 atom stereocenters. The fourth-order valence-corrected chi connectivity index (χ4v) is 1.17. The molecule has 0 saturated carbocycles. The molecule has 2 amide bonds. The first-order valence-corrected chi connectivity index (χ1v) is 4.97. The van der Waals surface area contributed by atoms with Crippen molar-refractivity contribution in [2.45, 2.75) is 26.4 Å². The third kappa shape index (κ3) is 3.84. The van der Waals surface area contributed by atoms with E-state index in [1.165, 1.54) is 0 Å². The van der Waals surface area contributed by atoms with Gasteiger partial charge in [-0.1, -0.05) is 0 Å². The Bertz CT molecular complexity index is 380. The maximum atomic E-state index is 13.1. The van der Waals surface area contributed by atoms with E-state index in [2.05, 4.69) is 10.6 Å². The number of amides is 2. The molecule has 0 radical (unpaired) electrons. The summed E-state index contributed by atoms with van der Waals surface area (Å²) in [5, 5.41) is 5.02. The highest BCUT2D eigenvalue weighted by molar-refractivity contribution is 5.74. The second-order valence-electron chi connectivity index (χ2n) is 3.72. The summed E-state index contributed by atoms with van der Waals surface area (Å²) in [6.07, 6.45) is 0. The van der Waals surface area contributed by atoms with Crippen molar-refractivity contribution in [2.75, 3.05) is 0 Å². The van der Waals surface area contributed by atoms with Crippen LogP contribution in [-0.4, -0.2) is 12.1 Å². The van der Waals surface area contributed by atoms with Crippen molar-refractivity contribution < 1.29 is 13.6 Å². The number of carbonyl (C=O) groups excluding carboxylic acids is 1. The molecule has 0 aliphatic rings. The van der Waals surface area contributed by atoms with Crippen molar-refractivity contribution in [2.24, 2.45) is 0 Å².